The summed E-state index contributed by atoms with van der Waals surface area (Å²) >= 11 is 0. The lowest BCUT2D eigenvalue weighted by Gasteiger charge is -2.21. The Bertz CT molecular complexity index is 2050. The van der Waals surface area contributed by atoms with Crippen LogP contribution in [0.2, 0.25) is 0 Å². The van der Waals surface area contributed by atoms with E-state index in [0.29, 0.717) is 25.7 Å². The largest absolute Gasteiger partial charge is 0.472 e. The van der Waals surface area contributed by atoms with E-state index in [1.54, 1.807) is 0 Å². The molecule has 0 amide bonds. The predicted octanol–water partition coefficient (Wildman–Crippen LogP) is 27.0. The van der Waals surface area contributed by atoms with Crippen molar-refractivity contribution in [1.29, 1.82) is 0 Å². The zero-order valence-corrected chi connectivity index (χ0v) is 72.2. The van der Waals surface area contributed by atoms with Gasteiger partial charge in [0.25, 0.3) is 0 Å². The van der Waals surface area contributed by atoms with Gasteiger partial charge < -0.3 is 33.8 Å². The SMILES string of the molecule is CCCCCCCCCCCCCCCCCCC(=O)O[C@H](COC(=O)CCCCCCCCCCC)COP(=O)(O)OC[C@H](O)COP(=O)(O)OC[C@@H](COC(=O)CCCCCCCCCCCCCCCCCCCCC(C)C)OC(=O)CCCCCCCCCCCCCCCCCCCCC(C)C. The van der Waals surface area contributed by atoms with Gasteiger partial charge >= 0.3 is 39.5 Å². The average molecular weight is 1560 g/mol. The zero-order chi connectivity index (χ0) is 78.5. The maximum absolute atomic E-state index is 13.2. The number of phosphoric acid groups is 2. The first kappa shape index (κ1) is 105. The summed E-state index contributed by atoms with van der Waals surface area (Å²) in [5, 5.41) is 10.7. The molecule has 0 aromatic carbocycles. The Balaban J connectivity index is 5.20. The summed E-state index contributed by atoms with van der Waals surface area (Å²) in [5.74, 6) is -0.457. The van der Waals surface area contributed by atoms with Crippen LogP contribution >= 0.6 is 15.6 Å². The number of esters is 4. The van der Waals surface area contributed by atoms with Crippen LogP contribution < -0.4 is 0 Å². The van der Waals surface area contributed by atoms with Gasteiger partial charge in [-0.1, -0.05) is 420 Å². The van der Waals surface area contributed by atoms with Crippen molar-refractivity contribution >= 4 is 39.5 Å². The van der Waals surface area contributed by atoms with E-state index in [0.717, 1.165) is 102 Å². The van der Waals surface area contributed by atoms with Crippen molar-refractivity contribution in [1.82, 2.24) is 0 Å². The van der Waals surface area contributed by atoms with Crippen molar-refractivity contribution in [3.8, 4) is 0 Å². The van der Waals surface area contributed by atoms with Crippen molar-refractivity contribution in [3.05, 3.63) is 0 Å². The van der Waals surface area contributed by atoms with Gasteiger partial charge in [-0.2, -0.15) is 0 Å². The van der Waals surface area contributed by atoms with E-state index in [4.69, 9.17) is 37.0 Å². The monoisotopic (exact) mass is 1560 g/mol. The van der Waals surface area contributed by atoms with Gasteiger partial charge in [0.05, 0.1) is 26.4 Å². The Morgan fingerprint density at radius 3 is 0.636 bits per heavy atom. The standard InChI is InChI=1S/C88H172O17P2/c1-7-9-11-13-15-17-18-19-20-31-37-42-48-54-60-66-72-87(92)104-83(76-98-85(90)70-64-58-52-44-16-14-12-10-8-2)78-102-106(94,95)100-74-82(89)75-101-107(96,97)103-79-84(105-88(93)73-67-61-55-49-43-38-33-28-24-22-26-30-35-40-46-51-57-63-69-81(5)6)77-99-86(91)71-65-59-53-47-41-36-32-27-23-21-25-29-34-39-45-50-56-62-68-80(3)4/h80-84,89H,7-79H2,1-6H3,(H,94,95)(H,96,97)/t82-,83+,84+/m0/s1. The maximum Gasteiger partial charge on any atom is 0.472 e. The summed E-state index contributed by atoms with van der Waals surface area (Å²) < 4.78 is 68.9. The fourth-order valence-corrected chi connectivity index (χ4v) is 15.4. The topological polar surface area (TPSA) is 237 Å². The van der Waals surface area contributed by atoms with Crippen molar-refractivity contribution in [3.63, 3.8) is 0 Å². The number of unbranched alkanes of at least 4 members (excludes halogenated alkanes) is 57. The molecule has 0 aliphatic carbocycles. The summed E-state index contributed by atoms with van der Waals surface area (Å²) in [6.07, 6.45) is 72.3. The van der Waals surface area contributed by atoms with Crippen LogP contribution in [0.4, 0.5) is 0 Å². The highest BCUT2D eigenvalue weighted by atomic mass is 31.2. The lowest BCUT2D eigenvalue weighted by atomic mass is 10.0. The number of aliphatic hydroxyl groups excluding tert-OH is 1. The molecular weight excluding hydrogens is 1390 g/mol. The summed E-state index contributed by atoms with van der Waals surface area (Å²) in [4.78, 5) is 73.2. The molecule has 0 radical (unpaired) electrons. The minimum atomic E-state index is -4.97. The molecule has 0 saturated heterocycles. The van der Waals surface area contributed by atoms with E-state index >= 15 is 0 Å². The molecule has 0 fully saturated rings. The van der Waals surface area contributed by atoms with Crippen LogP contribution in [0.3, 0.4) is 0 Å². The first-order valence-electron chi connectivity index (χ1n) is 45.5. The van der Waals surface area contributed by atoms with Gasteiger partial charge in [0, 0.05) is 25.7 Å². The van der Waals surface area contributed by atoms with Gasteiger partial charge in [-0.3, -0.25) is 37.3 Å². The van der Waals surface area contributed by atoms with Crippen LogP contribution in [-0.2, 0) is 65.4 Å². The third kappa shape index (κ3) is 81.9. The molecular formula is C88H172O17P2. The van der Waals surface area contributed by atoms with Gasteiger partial charge in [-0.25, -0.2) is 9.13 Å². The number of ether oxygens (including phenoxy) is 4. The Kier molecular flexibility index (Phi) is 77.9. The third-order valence-corrected chi connectivity index (χ3v) is 22.6. The van der Waals surface area contributed by atoms with Crippen molar-refractivity contribution < 1.29 is 80.2 Å². The van der Waals surface area contributed by atoms with Gasteiger partial charge in [-0.15, -0.1) is 0 Å². The van der Waals surface area contributed by atoms with Crippen molar-refractivity contribution in [2.45, 2.75) is 490 Å². The molecule has 0 saturated carbocycles. The quantitative estimate of drug-likeness (QED) is 0.0222. The maximum atomic E-state index is 13.2. The molecule has 3 N–H and O–H groups in total. The summed E-state index contributed by atoms with van der Waals surface area (Å²) in [6, 6.07) is 0. The highest BCUT2D eigenvalue weighted by Crippen LogP contribution is 2.45. The lowest BCUT2D eigenvalue weighted by molar-refractivity contribution is -0.161. The second kappa shape index (κ2) is 79.3. The van der Waals surface area contributed by atoms with Gasteiger partial charge in [0.1, 0.15) is 19.3 Å². The van der Waals surface area contributed by atoms with Crippen LogP contribution in [0.5, 0.6) is 0 Å². The molecule has 19 heteroatoms. The number of carbonyl (C=O) groups is 4. The third-order valence-electron chi connectivity index (χ3n) is 20.7. The van der Waals surface area contributed by atoms with E-state index in [1.807, 2.05) is 0 Å². The first-order chi connectivity index (χ1) is 51.9. The molecule has 0 heterocycles. The normalized spacial score (nSPS) is 13.8. The molecule has 0 aromatic heterocycles. The molecule has 0 aliphatic rings. The fourth-order valence-electron chi connectivity index (χ4n) is 13.8. The van der Waals surface area contributed by atoms with E-state index in [-0.39, 0.29) is 25.7 Å². The van der Waals surface area contributed by atoms with Gasteiger partial charge in [0.2, 0.25) is 0 Å². The van der Waals surface area contributed by atoms with Crippen LogP contribution in [0.15, 0.2) is 0 Å². The molecule has 5 atom stereocenters. The van der Waals surface area contributed by atoms with Crippen molar-refractivity contribution in [2.24, 2.45) is 11.8 Å². The lowest BCUT2D eigenvalue weighted by Crippen LogP contribution is -2.30. The number of aliphatic hydroxyl groups is 1. The molecule has 0 rings (SSSR count). The highest BCUT2D eigenvalue weighted by molar-refractivity contribution is 7.47. The molecule has 0 bridgehead atoms. The smallest absolute Gasteiger partial charge is 0.462 e. The molecule has 107 heavy (non-hydrogen) atoms. The van der Waals surface area contributed by atoms with Crippen LogP contribution in [-0.4, -0.2) is 96.7 Å². The first-order valence-corrected chi connectivity index (χ1v) is 48.5. The molecule has 636 valence electrons. The van der Waals surface area contributed by atoms with E-state index in [2.05, 4.69) is 41.5 Å². The van der Waals surface area contributed by atoms with Crippen LogP contribution in [0.1, 0.15) is 472 Å². The van der Waals surface area contributed by atoms with Gasteiger partial charge in [-0.05, 0) is 37.5 Å². The molecule has 0 aliphatic heterocycles. The Hall–Kier alpha value is -1.94. The highest BCUT2D eigenvalue weighted by Gasteiger charge is 2.30. The average Bonchev–Trinajstić information content (AvgIpc) is 0.879. The number of hydrogen-bond donors (Lipinski definition) is 3. The number of phosphoric ester groups is 2. The number of carbonyl (C=O) groups excluding carboxylic acids is 4. The Morgan fingerprint density at radius 1 is 0.252 bits per heavy atom. The van der Waals surface area contributed by atoms with Gasteiger partial charge in [0.15, 0.2) is 12.2 Å². The molecule has 0 aromatic rings. The Morgan fingerprint density at radius 2 is 0.430 bits per heavy atom. The van der Waals surface area contributed by atoms with Crippen LogP contribution in [0.25, 0.3) is 0 Å². The van der Waals surface area contributed by atoms with Crippen molar-refractivity contribution in [2.75, 3.05) is 39.6 Å². The molecule has 2 unspecified atom stereocenters. The molecule has 0 spiro atoms. The van der Waals surface area contributed by atoms with E-state index in [1.165, 1.54) is 289 Å². The Labute approximate surface area is 658 Å². The second-order valence-corrected chi connectivity index (χ2v) is 35.5. The zero-order valence-electron chi connectivity index (χ0n) is 70.5. The minimum Gasteiger partial charge on any atom is -0.462 e. The minimum absolute atomic E-state index is 0.109. The molecule has 17 nitrogen and oxygen atoms in total. The van der Waals surface area contributed by atoms with E-state index in [9.17, 15) is 43.2 Å². The fraction of sp³-hybridized carbons (Fsp3) is 0.955. The second-order valence-electron chi connectivity index (χ2n) is 32.6. The predicted molar refractivity (Wildman–Crippen MR) is 442 cm³/mol. The number of rotatable bonds is 87. The summed E-state index contributed by atoms with van der Waals surface area (Å²) in [7, 11) is -9.93. The van der Waals surface area contributed by atoms with Crippen LogP contribution in [0, 0.1) is 11.8 Å². The van der Waals surface area contributed by atoms with E-state index < -0.39 is 97.5 Å². The number of hydrogen-bond acceptors (Lipinski definition) is 15. The summed E-state index contributed by atoms with van der Waals surface area (Å²) in [6.45, 7) is 9.74. The summed E-state index contributed by atoms with van der Waals surface area (Å²) in [5.41, 5.74) is 0.